The van der Waals surface area contributed by atoms with Crippen LogP contribution < -0.4 is 15.4 Å². The minimum Gasteiger partial charge on any atom is -0.495 e. The van der Waals surface area contributed by atoms with Crippen LogP contribution in [-0.2, 0) is 6.54 Å². The molecule has 6 nitrogen and oxygen atoms in total. The van der Waals surface area contributed by atoms with Gasteiger partial charge in [-0.3, -0.25) is 4.79 Å². The number of carbonyl (C=O) groups is 1. The molecule has 1 aliphatic heterocycles. The molecule has 0 bridgehead atoms. The number of amides is 1. The van der Waals surface area contributed by atoms with Gasteiger partial charge in [-0.2, -0.15) is 0 Å². The number of imidazole rings is 1. The van der Waals surface area contributed by atoms with Gasteiger partial charge in [-0.1, -0.05) is 12.1 Å². The topological polar surface area (TPSA) is 68.2 Å². The lowest BCUT2D eigenvalue weighted by atomic mass is 10.3. The summed E-state index contributed by atoms with van der Waals surface area (Å²) in [6.07, 6.45) is 2.81. The molecule has 0 aliphatic carbocycles. The normalized spacial score (nSPS) is 13.2. The summed E-state index contributed by atoms with van der Waals surface area (Å²) in [5, 5.41) is 5.99. The van der Waals surface area contributed by atoms with Crippen LogP contribution in [0.5, 0.6) is 5.75 Å². The fourth-order valence-corrected chi connectivity index (χ4v) is 2.22. The Morgan fingerprint density at radius 2 is 2.30 bits per heavy atom. The molecule has 1 amide bonds. The highest BCUT2D eigenvalue weighted by molar-refractivity contribution is 6.03. The first-order valence-electron chi connectivity index (χ1n) is 6.53. The molecule has 0 saturated heterocycles. The maximum absolute atomic E-state index is 12.2. The van der Waals surface area contributed by atoms with Crippen LogP contribution in [0.2, 0.25) is 0 Å². The zero-order valence-corrected chi connectivity index (χ0v) is 11.2. The van der Waals surface area contributed by atoms with Crippen LogP contribution in [-0.4, -0.2) is 29.1 Å². The van der Waals surface area contributed by atoms with Gasteiger partial charge in [0.15, 0.2) is 0 Å². The molecule has 1 aromatic carbocycles. The van der Waals surface area contributed by atoms with Crippen molar-refractivity contribution in [3.05, 3.63) is 36.2 Å². The monoisotopic (exact) mass is 272 g/mol. The summed E-state index contributed by atoms with van der Waals surface area (Å²) in [4.78, 5) is 16.5. The Kier molecular flexibility index (Phi) is 3.28. The largest absolute Gasteiger partial charge is 0.495 e. The van der Waals surface area contributed by atoms with E-state index in [4.69, 9.17) is 4.74 Å². The second kappa shape index (κ2) is 5.24. The second-order valence-electron chi connectivity index (χ2n) is 4.58. The zero-order chi connectivity index (χ0) is 13.9. The van der Waals surface area contributed by atoms with E-state index in [9.17, 15) is 4.79 Å². The number of nitrogens with one attached hydrogen (secondary N) is 2. The highest BCUT2D eigenvalue weighted by Gasteiger charge is 2.17. The van der Waals surface area contributed by atoms with Crippen molar-refractivity contribution < 1.29 is 9.53 Å². The van der Waals surface area contributed by atoms with Crippen molar-refractivity contribution in [3.8, 4) is 5.75 Å². The molecule has 0 saturated carbocycles. The molecule has 2 heterocycles. The molecular formula is C14H16N4O2. The molecule has 0 unspecified atom stereocenters. The Hall–Kier alpha value is -2.50. The first-order valence-corrected chi connectivity index (χ1v) is 6.53. The van der Waals surface area contributed by atoms with Crippen LogP contribution in [0.15, 0.2) is 30.5 Å². The quantitative estimate of drug-likeness (QED) is 0.896. The number of fused-ring (bicyclic) bond motifs is 1. The molecular weight excluding hydrogens is 256 g/mol. The molecule has 2 N–H and O–H groups in total. The molecule has 3 rings (SSSR count). The number of methoxy groups -OCH3 is 1. The molecule has 20 heavy (non-hydrogen) atoms. The standard InChI is InChI=1S/C14H16N4O2/c1-20-12-6-3-2-5-10(12)16-13(19)11-9-18-8-4-7-15-14(18)17-11/h2-3,5-6,9H,4,7-8H2,1H3,(H,15,17)(H,16,19). The van der Waals surface area contributed by atoms with E-state index in [2.05, 4.69) is 15.6 Å². The van der Waals surface area contributed by atoms with E-state index in [1.807, 2.05) is 16.7 Å². The molecule has 1 aliphatic rings. The minimum absolute atomic E-state index is 0.238. The Labute approximate surface area is 116 Å². The second-order valence-corrected chi connectivity index (χ2v) is 4.58. The fraction of sp³-hybridized carbons (Fsp3) is 0.286. The first-order chi connectivity index (χ1) is 9.78. The Morgan fingerprint density at radius 1 is 1.45 bits per heavy atom. The maximum Gasteiger partial charge on any atom is 0.276 e. The van der Waals surface area contributed by atoms with Gasteiger partial charge in [-0.15, -0.1) is 0 Å². The van der Waals surface area contributed by atoms with E-state index in [1.54, 1.807) is 25.4 Å². The fourth-order valence-electron chi connectivity index (χ4n) is 2.22. The number of carbonyl (C=O) groups excluding carboxylic acids is 1. The third kappa shape index (κ3) is 2.32. The summed E-state index contributed by atoms with van der Waals surface area (Å²) < 4.78 is 7.17. The number of rotatable bonds is 3. The average molecular weight is 272 g/mol. The summed E-state index contributed by atoms with van der Waals surface area (Å²) in [5.41, 5.74) is 1.04. The molecule has 0 radical (unpaired) electrons. The number of nitrogens with zero attached hydrogens (tertiary/aromatic N) is 2. The SMILES string of the molecule is COc1ccccc1NC(=O)c1cn2c(n1)NCCC2. The van der Waals surface area contributed by atoms with Gasteiger partial charge in [0.2, 0.25) is 5.95 Å². The van der Waals surface area contributed by atoms with E-state index < -0.39 is 0 Å². The molecule has 0 spiro atoms. The van der Waals surface area contributed by atoms with Crippen molar-refractivity contribution in [1.82, 2.24) is 9.55 Å². The molecule has 1 aromatic heterocycles. The van der Waals surface area contributed by atoms with Gasteiger partial charge in [-0.25, -0.2) is 4.98 Å². The van der Waals surface area contributed by atoms with E-state index in [0.717, 1.165) is 25.5 Å². The van der Waals surface area contributed by atoms with Crippen molar-refractivity contribution >= 4 is 17.5 Å². The average Bonchev–Trinajstić information content (AvgIpc) is 2.92. The number of hydrogen-bond acceptors (Lipinski definition) is 4. The Bertz CT molecular complexity index is 612. The summed E-state index contributed by atoms with van der Waals surface area (Å²) in [5.74, 6) is 1.14. The van der Waals surface area contributed by atoms with Gasteiger partial charge in [-0.05, 0) is 18.6 Å². The first kappa shape index (κ1) is 12.5. The number of aryl methyl sites for hydroxylation is 1. The van der Waals surface area contributed by atoms with E-state index >= 15 is 0 Å². The molecule has 6 heteroatoms. The molecule has 0 atom stereocenters. The smallest absolute Gasteiger partial charge is 0.276 e. The van der Waals surface area contributed by atoms with Crippen LogP contribution in [0.4, 0.5) is 11.6 Å². The van der Waals surface area contributed by atoms with Crippen LogP contribution in [0.25, 0.3) is 0 Å². The summed E-state index contributed by atoms with van der Waals surface area (Å²) in [7, 11) is 1.57. The predicted molar refractivity (Wildman–Crippen MR) is 76.3 cm³/mol. The number of benzene rings is 1. The van der Waals surface area contributed by atoms with Crippen LogP contribution >= 0.6 is 0 Å². The highest BCUT2D eigenvalue weighted by Crippen LogP contribution is 2.24. The van der Waals surface area contributed by atoms with Gasteiger partial charge >= 0.3 is 0 Å². The lowest BCUT2D eigenvalue weighted by Crippen LogP contribution is -2.16. The summed E-state index contributed by atoms with van der Waals surface area (Å²) in [6.45, 7) is 1.78. The van der Waals surface area contributed by atoms with Crippen molar-refractivity contribution in [3.63, 3.8) is 0 Å². The lowest BCUT2D eigenvalue weighted by molar-refractivity contribution is 0.102. The van der Waals surface area contributed by atoms with Crippen LogP contribution in [0, 0.1) is 0 Å². The van der Waals surface area contributed by atoms with Crippen LogP contribution in [0.1, 0.15) is 16.9 Å². The van der Waals surface area contributed by atoms with E-state index in [0.29, 0.717) is 17.1 Å². The van der Waals surface area contributed by atoms with Gasteiger partial charge in [0.1, 0.15) is 11.4 Å². The maximum atomic E-state index is 12.2. The minimum atomic E-state index is -0.238. The van der Waals surface area contributed by atoms with E-state index in [1.165, 1.54) is 0 Å². The molecule has 104 valence electrons. The van der Waals surface area contributed by atoms with Gasteiger partial charge < -0.3 is 19.9 Å². The number of ether oxygens (including phenoxy) is 1. The number of para-hydroxylation sites is 2. The van der Waals surface area contributed by atoms with Crippen molar-refractivity contribution in [2.75, 3.05) is 24.3 Å². The Balaban J connectivity index is 1.81. The van der Waals surface area contributed by atoms with E-state index in [-0.39, 0.29) is 5.91 Å². The van der Waals surface area contributed by atoms with Gasteiger partial charge in [0, 0.05) is 19.3 Å². The molecule has 2 aromatic rings. The number of anilines is 2. The molecule has 0 fully saturated rings. The van der Waals surface area contributed by atoms with Crippen molar-refractivity contribution in [2.45, 2.75) is 13.0 Å². The van der Waals surface area contributed by atoms with Crippen LogP contribution in [0.3, 0.4) is 0 Å². The Morgan fingerprint density at radius 3 is 3.10 bits per heavy atom. The third-order valence-electron chi connectivity index (χ3n) is 3.22. The van der Waals surface area contributed by atoms with Gasteiger partial charge in [0.05, 0.1) is 12.8 Å². The lowest BCUT2D eigenvalue weighted by Gasteiger charge is -2.14. The number of aromatic nitrogens is 2. The highest BCUT2D eigenvalue weighted by atomic mass is 16.5. The predicted octanol–water partition coefficient (Wildman–Crippen LogP) is 1.96. The third-order valence-corrected chi connectivity index (χ3v) is 3.22. The van der Waals surface area contributed by atoms with Crippen molar-refractivity contribution in [1.29, 1.82) is 0 Å². The summed E-state index contributed by atoms with van der Waals surface area (Å²) >= 11 is 0. The van der Waals surface area contributed by atoms with Crippen molar-refractivity contribution in [2.24, 2.45) is 0 Å². The van der Waals surface area contributed by atoms with Gasteiger partial charge in [0.25, 0.3) is 5.91 Å². The number of hydrogen-bond donors (Lipinski definition) is 2. The zero-order valence-electron chi connectivity index (χ0n) is 11.2. The summed E-state index contributed by atoms with van der Waals surface area (Å²) in [6, 6.07) is 7.30.